The van der Waals surface area contributed by atoms with Crippen molar-refractivity contribution in [1.82, 2.24) is 24.4 Å². The number of halogens is 1. The Balaban J connectivity index is 1.46. The summed E-state index contributed by atoms with van der Waals surface area (Å²) in [6.07, 6.45) is 3.88. The van der Waals surface area contributed by atoms with Crippen LogP contribution in [0.1, 0.15) is 0 Å². The average molecular weight is 501 g/mol. The first-order valence-corrected chi connectivity index (χ1v) is 11.7. The fourth-order valence-electron chi connectivity index (χ4n) is 4.10. The molecule has 11 heteroatoms. The first kappa shape index (κ1) is 24.1. The summed E-state index contributed by atoms with van der Waals surface area (Å²) in [7, 11) is 2.07. The van der Waals surface area contributed by atoms with Crippen LogP contribution < -0.4 is 21.1 Å². The summed E-state index contributed by atoms with van der Waals surface area (Å²) in [5.41, 5.74) is 1.96. The zero-order valence-corrected chi connectivity index (χ0v) is 20.2. The molecule has 37 heavy (non-hydrogen) atoms. The van der Waals surface area contributed by atoms with Gasteiger partial charge in [-0.05, 0) is 49.5 Å². The second kappa shape index (κ2) is 10.2. The molecule has 1 aliphatic heterocycles. The number of carbonyl (C=O) groups is 1. The fourth-order valence-corrected chi connectivity index (χ4v) is 4.10. The minimum absolute atomic E-state index is 0.120. The summed E-state index contributed by atoms with van der Waals surface area (Å²) in [4.78, 5) is 41.1. The van der Waals surface area contributed by atoms with Crippen molar-refractivity contribution < 1.29 is 9.18 Å². The van der Waals surface area contributed by atoms with E-state index in [1.165, 1.54) is 24.7 Å². The van der Waals surface area contributed by atoms with Crippen molar-refractivity contribution in [3.05, 3.63) is 83.8 Å². The van der Waals surface area contributed by atoms with Crippen molar-refractivity contribution in [3.63, 3.8) is 0 Å². The number of aromatic nitrogens is 4. The van der Waals surface area contributed by atoms with E-state index in [-0.39, 0.29) is 28.6 Å². The summed E-state index contributed by atoms with van der Waals surface area (Å²) in [6, 6.07) is 12.0. The molecule has 4 aromatic rings. The summed E-state index contributed by atoms with van der Waals surface area (Å²) in [5, 5.41) is 5.81. The van der Waals surface area contributed by atoms with E-state index in [4.69, 9.17) is 0 Å². The number of hydrogen-bond donors (Lipinski definition) is 2. The third-order valence-corrected chi connectivity index (χ3v) is 6.16. The smallest absolute Gasteiger partial charge is 0.283 e. The van der Waals surface area contributed by atoms with Gasteiger partial charge < -0.3 is 20.4 Å². The number of carbonyl (C=O) groups excluding carboxylic acids is 1. The first-order chi connectivity index (χ1) is 17.9. The van der Waals surface area contributed by atoms with Crippen molar-refractivity contribution in [2.24, 2.45) is 0 Å². The van der Waals surface area contributed by atoms with E-state index in [2.05, 4.69) is 49.0 Å². The molecule has 5 rings (SSSR count). The van der Waals surface area contributed by atoms with Gasteiger partial charge >= 0.3 is 0 Å². The van der Waals surface area contributed by atoms with Gasteiger partial charge in [-0.3, -0.25) is 14.2 Å². The Morgan fingerprint density at radius 3 is 2.65 bits per heavy atom. The largest absolute Gasteiger partial charge is 0.369 e. The molecule has 0 saturated carbocycles. The summed E-state index contributed by atoms with van der Waals surface area (Å²) < 4.78 is 16.6. The van der Waals surface area contributed by atoms with Crippen LogP contribution in [0.3, 0.4) is 0 Å². The fraction of sp³-hybridized carbons (Fsp3) is 0.192. The van der Waals surface area contributed by atoms with E-state index in [9.17, 15) is 9.59 Å². The van der Waals surface area contributed by atoms with Crippen LogP contribution in [0.2, 0.25) is 0 Å². The van der Waals surface area contributed by atoms with Crippen LogP contribution >= 0.6 is 0 Å². The highest BCUT2D eigenvalue weighted by Gasteiger charge is 2.17. The van der Waals surface area contributed by atoms with Crippen molar-refractivity contribution in [3.8, 4) is 5.69 Å². The number of anilines is 4. The molecule has 3 heterocycles. The molecule has 2 N–H and O–H groups in total. The van der Waals surface area contributed by atoms with Crippen molar-refractivity contribution in [2.45, 2.75) is 0 Å². The SMILES string of the molecule is C=CC(=O)Nc1cccc(-n2cnc(=O)c3cnc(Nc4ccc(N5CCN(C)CC5)cc4F)nc32)c1. The normalized spacial score (nSPS) is 13.9. The van der Waals surface area contributed by atoms with Crippen LogP contribution in [0, 0.1) is 5.82 Å². The zero-order valence-electron chi connectivity index (χ0n) is 20.2. The Labute approximate surface area is 212 Å². The number of amides is 1. The molecule has 0 spiro atoms. The van der Waals surface area contributed by atoms with Crippen LogP contribution in [0.5, 0.6) is 0 Å². The molecule has 1 amide bonds. The molecular weight excluding hydrogens is 475 g/mol. The number of rotatable bonds is 6. The van der Waals surface area contributed by atoms with Gasteiger partial charge in [0.1, 0.15) is 17.5 Å². The second-order valence-corrected chi connectivity index (χ2v) is 8.67. The Hall–Kier alpha value is -4.64. The Kier molecular flexibility index (Phi) is 6.60. The van der Waals surface area contributed by atoms with Crippen LogP contribution in [0.25, 0.3) is 16.7 Å². The number of nitrogens with zero attached hydrogens (tertiary/aromatic N) is 6. The van der Waals surface area contributed by atoms with Crippen molar-refractivity contribution in [2.75, 3.05) is 48.8 Å². The zero-order chi connectivity index (χ0) is 25.9. The van der Waals surface area contributed by atoms with Gasteiger partial charge in [0.05, 0.1) is 11.4 Å². The molecule has 1 fully saturated rings. The van der Waals surface area contributed by atoms with E-state index in [0.29, 0.717) is 11.4 Å². The van der Waals surface area contributed by atoms with E-state index < -0.39 is 11.4 Å². The predicted molar refractivity (Wildman–Crippen MR) is 141 cm³/mol. The lowest BCUT2D eigenvalue weighted by Crippen LogP contribution is -2.44. The molecule has 0 aliphatic carbocycles. The highest BCUT2D eigenvalue weighted by molar-refractivity contribution is 5.99. The molecule has 10 nitrogen and oxygen atoms in total. The standard InChI is InChI=1S/C26H25FN8O2/c1-3-23(36)30-17-5-4-6-19(13-17)35-16-29-25(37)20-15-28-26(32-24(20)35)31-22-8-7-18(14-21(22)27)34-11-9-33(2)10-12-34/h3-8,13-16H,1,9-12H2,2H3,(H,30,36)(H,28,31,32). The van der Waals surface area contributed by atoms with Crippen molar-refractivity contribution in [1.29, 1.82) is 0 Å². The second-order valence-electron chi connectivity index (χ2n) is 8.67. The van der Waals surface area contributed by atoms with Gasteiger partial charge in [-0.1, -0.05) is 12.6 Å². The molecule has 0 atom stereocenters. The molecule has 0 radical (unpaired) electrons. The first-order valence-electron chi connectivity index (χ1n) is 11.7. The summed E-state index contributed by atoms with van der Waals surface area (Å²) in [6.45, 7) is 6.97. The monoisotopic (exact) mass is 500 g/mol. The van der Waals surface area contributed by atoms with Gasteiger partial charge in [0.15, 0.2) is 5.65 Å². The van der Waals surface area contributed by atoms with Crippen LogP contribution in [0.4, 0.5) is 27.4 Å². The lowest BCUT2D eigenvalue weighted by molar-refractivity contribution is -0.111. The van der Waals surface area contributed by atoms with Gasteiger partial charge in [-0.25, -0.2) is 9.37 Å². The Bertz CT molecular complexity index is 1550. The molecule has 2 aromatic carbocycles. The maximum absolute atomic E-state index is 15.0. The molecule has 1 aliphatic rings. The van der Waals surface area contributed by atoms with Gasteiger partial charge in [0.25, 0.3) is 5.56 Å². The Morgan fingerprint density at radius 1 is 1.08 bits per heavy atom. The molecular formula is C26H25FN8O2. The van der Waals surface area contributed by atoms with E-state index >= 15 is 4.39 Å². The van der Waals surface area contributed by atoms with E-state index in [0.717, 1.165) is 31.9 Å². The lowest BCUT2D eigenvalue weighted by atomic mass is 10.2. The molecule has 188 valence electrons. The number of fused-ring (bicyclic) bond motifs is 1. The summed E-state index contributed by atoms with van der Waals surface area (Å²) in [5.74, 6) is -0.665. The Morgan fingerprint density at radius 2 is 1.89 bits per heavy atom. The third-order valence-electron chi connectivity index (χ3n) is 6.16. The average Bonchev–Trinajstić information content (AvgIpc) is 2.90. The van der Waals surface area contributed by atoms with Crippen molar-refractivity contribution >= 4 is 40.0 Å². The van der Waals surface area contributed by atoms with Gasteiger partial charge in [-0.15, -0.1) is 0 Å². The van der Waals surface area contributed by atoms with E-state index in [1.807, 2.05) is 6.07 Å². The van der Waals surface area contributed by atoms with Gasteiger partial charge in [0, 0.05) is 43.8 Å². The number of nitrogens with one attached hydrogen (secondary N) is 2. The minimum Gasteiger partial charge on any atom is -0.369 e. The topological polar surface area (TPSA) is 108 Å². The quantitative estimate of drug-likeness (QED) is 0.389. The van der Waals surface area contributed by atoms with Gasteiger partial charge in [0.2, 0.25) is 11.9 Å². The number of likely N-dealkylation sites (N-methyl/N-ethyl adjacent to an activating group) is 1. The number of hydrogen-bond acceptors (Lipinski definition) is 8. The molecule has 2 aromatic heterocycles. The minimum atomic E-state index is -0.489. The molecule has 0 unspecified atom stereocenters. The van der Waals surface area contributed by atoms with Gasteiger partial charge in [-0.2, -0.15) is 9.97 Å². The van der Waals surface area contributed by atoms with Crippen LogP contribution in [-0.2, 0) is 4.79 Å². The number of benzene rings is 2. The lowest BCUT2D eigenvalue weighted by Gasteiger charge is -2.34. The predicted octanol–water partition coefficient (Wildman–Crippen LogP) is 2.93. The van der Waals surface area contributed by atoms with Crippen LogP contribution in [0.15, 0.2) is 72.4 Å². The highest BCUT2D eigenvalue weighted by atomic mass is 19.1. The summed E-state index contributed by atoms with van der Waals surface area (Å²) >= 11 is 0. The maximum atomic E-state index is 15.0. The van der Waals surface area contributed by atoms with Crippen LogP contribution in [-0.4, -0.2) is 63.6 Å². The van der Waals surface area contributed by atoms with E-state index in [1.54, 1.807) is 34.9 Å². The maximum Gasteiger partial charge on any atom is 0.283 e. The highest BCUT2D eigenvalue weighted by Crippen LogP contribution is 2.25. The third kappa shape index (κ3) is 5.16. The molecule has 1 saturated heterocycles. The molecule has 0 bridgehead atoms. The number of piperazine rings is 1.